The number of hydrogen-bond donors (Lipinski definition) is 2. The molecule has 0 aliphatic rings. The van der Waals surface area contributed by atoms with E-state index in [1.54, 1.807) is 17.1 Å². The summed E-state index contributed by atoms with van der Waals surface area (Å²) in [6.07, 6.45) is 3.39. The van der Waals surface area contributed by atoms with E-state index in [0.717, 1.165) is 33.5 Å². The summed E-state index contributed by atoms with van der Waals surface area (Å²) in [4.78, 5) is 27.8. The van der Waals surface area contributed by atoms with Crippen LogP contribution < -0.4 is 15.8 Å². The zero-order valence-corrected chi connectivity index (χ0v) is 18.2. The molecular formula is C25H24N6O. The smallest absolute Gasteiger partial charge is 0.265 e. The Morgan fingerprint density at radius 2 is 1.84 bits per heavy atom. The Morgan fingerprint density at radius 1 is 1.03 bits per heavy atom. The molecule has 7 nitrogen and oxygen atoms in total. The van der Waals surface area contributed by atoms with Gasteiger partial charge in [0.2, 0.25) is 0 Å². The van der Waals surface area contributed by atoms with Crippen molar-refractivity contribution in [2.24, 2.45) is 0 Å². The van der Waals surface area contributed by atoms with Crippen LogP contribution in [0.25, 0.3) is 27.5 Å². The van der Waals surface area contributed by atoms with Crippen LogP contribution in [0.3, 0.4) is 0 Å². The van der Waals surface area contributed by atoms with E-state index >= 15 is 0 Å². The van der Waals surface area contributed by atoms with Gasteiger partial charge in [-0.3, -0.25) is 9.36 Å². The molecule has 160 valence electrons. The first-order valence-electron chi connectivity index (χ1n) is 10.5. The van der Waals surface area contributed by atoms with Crippen LogP contribution in [-0.4, -0.2) is 33.6 Å². The predicted octanol–water partition coefficient (Wildman–Crippen LogP) is 4.50. The van der Waals surface area contributed by atoms with Gasteiger partial charge in [0.15, 0.2) is 5.82 Å². The molecule has 5 aromatic rings. The van der Waals surface area contributed by atoms with Crippen LogP contribution in [0, 0.1) is 0 Å². The SMILES string of the molecule is C[C@H](Nc1nccc2[nH]cnc12)c1cc2cccc(N(C)C)c2c(=O)n1-c1ccccc1. The van der Waals surface area contributed by atoms with Gasteiger partial charge in [0.05, 0.1) is 23.3 Å². The molecule has 0 amide bonds. The second-order valence-corrected chi connectivity index (χ2v) is 8.01. The van der Waals surface area contributed by atoms with Gasteiger partial charge in [-0.05, 0) is 42.6 Å². The van der Waals surface area contributed by atoms with Gasteiger partial charge in [-0.25, -0.2) is 9.97 Å². The van der Waals surface area contributed by atoms with E-state index in [-0.39, 0.29) is 11.6 Å². The van der Waals surface area contributed by atoms with E-state index in [1.807, 2.05) is 80.5 Å². The highest BCUT2D eigenvalue weighted by atomic mass is 16.1. The number of rotatable bonds is 5. The van der Waals surface area contributed by atoms with Crippen molar-refractivity contribution < 1.29 is 0 Å². The summed E-state index contributed by atoms with van der Waals surface area (Å²) in [5, 5.41) is 5.07. The minimum absolute atomic E-state index is 0.0485. The zero-order chi connectivity index (χ0) is 22.2. The van der Waals surface area contributed by atoms with E-state index in [2.05, 4.69) is 26.3 Å². The average Bonchev–Trinajstić information content (AvgIpc) is 3.29. The van der Waals surface area contributed by atoms with Gasteiger partial charge in [0.1, 0.15) is 5.52 Å². The number of pyridine rings is 2. The lowest BCUT2D eigenvalue weighted by molar-refractivity contribution is 0.774. The topological polar surface area (TPSA) is 78.8 Å². The standard InChI is InChI=1S/C25H24N6O/c1-16(29-24-23-19(12-13-26-24)27-15-28-23)21-14-17-8-7-11-20(30(2)3)22(17)25(32)31(21)18-9-5-4-6-10-18/h4-16H,1-3H3,(H,26,29)(H,27,28)/t16-/m0/s1. The van der Waals surface area contributed by atoms with E-state index in [0.29, 0.717) is 11.2 Å². The Kier molecular flexibility index (Phi) is 4.86. The summed E-state index contributed by atoms with van der Waals surface area (Å²) in [6.45, 7) is 2.03. The molecule has 0 unspecified atom stereocenters. The lowest BCUT2D eigenvalue weighted by Gasteiger charge is -2.23. The highest BCUT2D eigenvalue weighted by Gasteiger charge is 2.19. The fourth-order valence-corrected chi connectivity index (χ4v) is 4.15. The molecule has 1 atom stereocenters. The Hall–Kier alpha value is -4.13. The fourth-order valence-electron chi connectivity index (χ4n) is 4.15. The molecule has 5 rings (SSSR count). The van der Waals surface area contributed by atoms with Crippen LogP contribution >= 0.6 is 0 Å². The third-order valence-electron chi connectivity index (χ3n) is 5.68. The first-order chi connectivity index (χ1) is 15.5. The number of benzene rings is 2. The van der Waals surface area contributed by atoms with Crippen molar-refractivity contribution in [1.29, 1.82) is 0 Å². The number of H-pyrrole nitrogens is 1. The summed E-state index contributed by atoms with van der Waals surface area (Å²) in [7, 11) is 3.91. The average molecular weight is 425 g/mol. The van der Waals surface area contributed by atoms with Crippen LogP contribution in [0.2, 0.25) is 0 Å². The van der Waals surface area contributed by atoms with Crippen molar-refractivity contribution in [3.05, 3.63) is 89.2 Å². The molecule has 3 heterocycles. The molecule has 7 heteroatoms. The second-order valence-electron chi connectivity index (χ2n) is 8.01. The first kappa shape index (κ1) is 19.8. The number of nitrogens with zero attached hydrogens (tertiary/aromatic N) is 4. The van der Waals surface area contributed by atoms with Gasteiger partial charge in [-0.2, -0.15) is 0 Å². The molecule has 2 aromatic carbocycles. The van der Waals surface area contributed by atoms with E-state index in [9.17, 15) is 4.79 Å². The normalized spacial score (nSPS) is 12.2. The van der Waals surface area contributed by atoms with Gasteiger partial charge in [0.25, 0.3) is 5.56 Å². The number of fused-ring (bicyclic) bond motifs is 2. The molecule has 0 fully saturated rings. The summed E-state index contributed by atoms with van der Waals surface area (Å²) in [5.41, 5.74) is 4.19. The van der Waals surface area contributed by atoms with Crippen LogP contribution in [0.15, 0.2) is 78.0 Å². The summed E-state index contributed by atoms with van der Waals surface area (Å²) >= 11 is 0. The lowest BCUT2D eigenvalue weighted by Crippen LogP contribution is -2.27. The van der Waals surface area contributed by atoms with Crippen molar-refractivity contribution >= 4 is 33.3 Å². The van der Waals surface area contributed by atoms with Gasteiger partial charge in [-0.15, -0.1) is 0 Å². The van der Waals surface area contributed by atoms with Crippen LogP contribution in [0.5, 0.6) is 0 Å². The molecule has 3 aromatic heterocycles. The number of aromatic nitrogens is 4. The van der Waals surface area contributed by atoms with Gasteiger partial charge in [-0.1, -0.05) is 30.3 Å². The predicted molar refractivity (Wildman–Crippen MR) is 130 cm³/mol. The number of aromatic amines is 1. The van der Waals surface area contributed by atoms with Crippen LogP contribution in [0.1, 0.15) is 18.7 Å². The zero-order valence-electron chi connectivity index (χ0n) is 18.2. The first-order valence-corrected chi connectivity index (χ1v) is 10.5. The Bertz CT molecular complexity index is 1470. The van der Waals surface area contributed by atoms with E-state index < -0.39 is 0 Å². The molecular weight excluding hydrogens is 400 g/mol. The van der Waals surface area contributed by atoms with Crippen molar-refractivity contribution in [3.63, 3.8) is 0 Å². The second kappa shape index (κ2) is 7.85. The van der Waals surface area contributed by atoms with Gasteiger partial charge < -0.3 is 15.2 Å². The Labute approximate surface area is 185 Å². The summed E-state index contributed by atoms with van der Waals surface area (Å²) < 4.78 is 1.79. The maximum Gasteiger partial charge on any atom is 0.265 e. The Morgan fingerprint density at radius 3 is 2.62 bits per heavy atom. The third-order valence-corrected chi connectivity index (χ3v) is 5.68. The minimum atomic E-state index is -0.204. The summed E-state index contributed by atoms with van der Waals surface area (Å²) in [6, 6.07) is 19.5. The minimum Gasteiger partial charge on any atom is -0.377 e. The highest BCUT2D eigenvalue weighted by molar-refractivity contribution is 5.94. The number of nitrogens with one attached hydrogen (secondary N) is 2. The van der Waals surface area contributed by atoms with E-state index in [1.165, 1.54) is 0 Å². The van der Waals surface area contributed by atoms with Crippen molar-refractivity contribution in [3.8, 4) is 5.69 Å². The van der Waals surface area contributed by atoms with E-state index in [4.69, 9.17) is 0 Å². The van der Waals surface area contributed by atoms with Crippen molar-refractivity contribution in [2.75, 3.05) is 24.3 Å². The molecule has 0 bridgehead atoms. The molecule has 0 saturated heterocycles. The maximum atomic E-state index is 13.9. The molecule has 0 aliphatic carbocycles. The molecule has 0 spiro atoms. The monoisotopic (exact) mass is 424 g/mol. The molecule has 0 saturated carbocycles. The summed E-state index contributed by atoms with van der Waals surface area (Å²) in [5.74, 6) is 0.672. The quantitative estimate of drug-likeness (QED) is 0.434. The maximum absolute atomic E-state index is 13.9. The molecule has 0 aliphatic heterocycles. The highest BCUT2D eigenvalue weighted by Crippen LogP contribution is 2.29. The lowest BCUT2D eigenvalue weighted by atomic mass is 10.1. The van der Waals surface area contributed by atoms with Gasteiger partial charge >= 0.3 is 0 Å². The van der Waals surface area contributed by atoms with Crippen LogP contribution in [-0.2, 0) is 0 Å². The Balaban J connectivity index is 1.73. The van der Waals surface area contributed by atoms with Crippen molar-refractivity contribution in [2.45, 2.75) is 13.0 Å². The van der Waals surface area contributed by atoms with Crippen molar-refractivity contribution in [1.82, 2.24) is 19.5 Å². The number of hydrogen-bond acceptors (Lipinski definition) is 5. The molecule has 32 heavy (non-hydrogen) atoms. The third kappa shape index (κ3) is 3.28. The van der Waals surface area contributed by atoms with Crippen LogP contribution in [0.4, 0.5) is 11.5 Å². The number of imidazole rings is 1. The van der Waals surface area contributed by atoms with Gasteiger partial charge in [0, 0.05) is 37.4 Å². The largest absolute Gasteiger partial charge is 0.377 e. The number of para-hydroxylation sites is 1. The fraction of sp³-hybridized carbons (Fsp3) is 0.160. The number of anilines is 2. The molecule has 2 N–H and O–H groups in total. The molecule has 0 radical (unpaired) electrons.